The van der Waals surface area contributed by atoms with Crippen molar-refractivity contribution in [1.29, 1.82) is 5.26 Å². The van der Waals surface area contributed by atoms with Crippen molar-refractivity contribution in [3.8, 4) is 6.07 Å². The second-order valence-corrected chi connectivity index (χ2v) is 8.71. The summed E-state index contributed by atoms with van der Waals surface area (Å²) in [5.74, 6) is -0.612. The zero-order valence-electron chi connectivity index (χ0n) is 16.5. The van der Waals surface area contributed by atoms with Crippen LogP contribution in [0.25, 0.3) is 0 Å². The van der Waals surface area contributed by atoms with E-state index in [-0.39, 0.29) is 17.7 Å². The number of hydrogen-bond acceptors (Lipinski definition) is 6. The Morgan fingerprint density at radius 2 is 2.14 bits per heavy atom. The second-order valence-electron chi connectivity index (χ2n) is 7.55. The fraction of sp³-hybridized carbons (Fsp3) is 0.545. The summed E-state index contributed by atoms with van der Waals surface area (Å²) in [5, 5.41) is 39.7. The van der Waals surface area contributed by atoms with Crippen LogP contribution >= 0.6 is 11.3 Å². The number of primary amides is 1. The third kappa shape index (κ3) is 7.75. The van der Waals surface area contributed by atoms with Gasteiger partial charge in [-0.2, -0.15) is 5.26 Å². The Hall–Kier alpha value is -1.98. The quantitative estimate of drug-likeness (QED) is 0.324. The zero-order valence-corrected chi connectivity index (χ0v) is 17.3. The minimum Gasteiger partial charge on any atom is -0.393 e. The van der Waals surface area contributed by atoms with Crippen molar-refractivity contribution in [2.24, 2.45) is 17.6 Å². The molecule has 0 bridgehead atoms. The average Bonchev–Trinajstić information content (AvgIpc) is 3.25. The number of thiophene rings is 1. The van der Waals surface area contributed by atoms with E-state index in [2.05, 4.69) is 6.07 Å². The van der Waals surface area contributed by atoms with Crippen LogP contribution in [0.4, 0.5) is 0 Å². The molecule has 0 aromatic carbocycles. The van der Waals surface area contributed by atoms with E-state index in [1.807, 2.05) is 24.3 Å². The summed E-state index contributed by atoms with van der Waals surface area (Å²) in [5.41, 5.74) is 5.11. The number of aryl methyl sites for hydroxylation is 1. The van der Waals surface area contributed by atoms with Crippen LogP contribution in [0.5, 0.6) is 0 Å². The van der Waals surface area contributed by atoms with E-state index in [0.717, 1.165) is 11.3 Å². The van der Waals surface area contributed by atoms with Gasteiger partial charge in [-0.05, 0) is 50.2 Å². The minimum absolute atomic E-state index is 0.101. The lowest BCUT2D eigenvalue weighted by molar-refractivity contribution is -0.118. The van der Waals surface area contributed by atoms with Crippen LogP contribution < -0.4 is 5.73 Å². The summed E-state index contributed by atoms with van der Waals surface area (Å²) in [7, 11) is 0. The Bertz CT molecular complexity index is 752. The van der Waals surface area contributed by atoms with Crippen LogP contribution in [-0.4, -0.2) is 39.5 Å². The molecule has 0 spiro atoms. The zero-order chi connectivity index (χ0) is 21.2. The smallest absolute Gasteiger partial charge is 0.217 e. The Morgan fingerprint density at radius 1 is 1.34 bits per heavy atom. The number of aliphatic hydroxyl groups is 3. The van der Waals surface area contributed by atoms with Gasteiger partial charge in [0.2, 0.25) is 5.91 Å². The number of rotatable bonds is 11. The van der Waals surface area contributed by atoms with Gasteiger partial charge in [0.05, 0.1) is 18.3 Å². The maximum atomic E-state index is 10.7. The van der Waals surface area contributed by atoms with Crippen LogP contribution in [0.3, 0.4) is 0 Å². The van der Waals surface area contributed by atoms with E-state index < -0.39 is 18.3 Å². The molecule has 1 amide bonds. The normalized spacial score (nSPS) is 25.6. The molecule has 2 rings (SSSR count). The predicted molar refractivity (Wildman–Crippen MR) is 113 cm³/mol. The fourth-order valence-corrected chi connectivity index (χ4v) is 4.51. The molecule has 5 atom stereocenters. The van der Waals surface area contributed by atoms with Gasteiger partial charge in [0.25, 0.3) is 0 Å². The SMILES string of the molecule is N#Cc1ccc(CC[C@H](O)/C=C/[C@@H]2[C@@H](C/C=C/CCCC(N)=O)[C@@H](O)C[C@H]2O)s1. The number of unbranched alkanes of at least 4 members (excludes halogenated alkanes) is 1. The number of carbonyl (C=O) groups is 1. The molecular formula is C22H30N2O4S. The molecule has 1 fully saturated rings. The van der Waals surface area contributed by atoms with Gasteiger partial charge >= 0.3 is 0 Å². The van der Waals surface area contributed by atoms with Crippen molar-refractivity contribution >= 4 is 17.2 Å². The standard InChI is InChI=1S/C22H30N2O4S/c23-14-17-11-10-16(29-17)9-7-15(25)8-12-19-18(20(26)13-21(19)27)5-3-1-2-4-6-22(24)28/h1,3,8,10-12,15,18-21,25-27H,2,4-7,9,13H2,(H2,24,28)/b3-1+,12-8+/t15-,18+,19+,20-,21+/m0/s1. The van der Waals surface area contributed by atoms with Gasteiger partial charge in [-0.15, -0.1) is 11.3 Å². The van der Waals surface area contributed by atoms with Crippen LogP contribution in [0.15, 0.2) is 36.4 Å². The van der Waals surface area contributed by atoms with E-state index in [1.165, 1.54) is 11.3 Å². The monoisotopic (exact) mass is 418 g/mol. The summed E-state index contributed by atoms with van der Waals surface area (Å²) < 4.78 is 0. The van der Waals surface area contributed by atoms with E-state index in [1.54, 1.807) is 12.1 Å². The summed E-state index contributed by atoms with van der Waals surface area (Å²) in [6, 6.07) is 5.80. The highest BCUT2D eigenvalue weighted by molar-refractivity contribution is 7.12. The molecule has 0 aliphatic heterocycles. The van der Waals surface area contributed by atoms with Crippen molar-refractivity contribution in [3.63, 3.8) is 0 Å². The Morgan fingerprint density at radius 3 is 2.83 bits per heavy atom. The predicted octanol–water partition coefficient (Wildman–Crippen LogP) is 2.43. The first-order valence-corrected chi connectivity index (χ1v) is 10.9. The average molecular weight is 419 g/mol. The van der Waals surface area contributed by atoms with Gasteiger partial charge in [-0.1, -0.05) is 24.3 Å². The van der Waals surface area contributed by atoms with Crippen molar-refractivity contribution in [1.82, 2.24) is 0 Å². The van der Waals surface area contributed by atoms with E-state index in [0.29, 0.717) is 43.4 Å². The number of hydrogen-bond donors (Lipinski definition) is 4. The molecule has 1 heterocycles. The molecule has 0 saturated heterocycles. The molecule has 29 heavy (non-hydrogen) atoms. The number of nitriles is 1. The number of nitrogens with two attached hydrogens (primary N) is 1. The molecular weight excluding hydrogens is 388 g/mol. The summed E-state index contributed by atoms with van der Waals surface area (Å²) >= 11 is 1.43. The lowest BCUT2D eigenvalue weighted by Gasteiger charge is -2.19. The van der Waals surface area contributed by atoms with Crippen molar-refractivity contribution in [2.75, 3.05) is 0 Å². The molecule has 1 aromatic rings. The van der Waals surface area contributed by atoms with Crippen LogP contribution in [-0.2, 0) is 11.2 Å². The molecule has 6 nitrogen and oxygen atoms in total. The fourth-order valence-electron chi connectivity index (χ4n) is 3.69. The van der Waals surface area contributed by atoms with Gasteiger partial charge < -0.3 is 21.1 Å². The van der Waals surface area contributed by atoms with Crippen LogP contribution in [0.1, 0.15) is 48.3 Å². The van der Waals surface area contributed by atoms with Crippen molar-refractivity contribution in [2.45, 2.75) is 63.3 Å². The summed E-state index contributed by atoms with van der Waals surface area (Å²) in [6.07, 6.45) is 9.65. The number of allylic oxidation sites excluding steroid dienone is 2. The number of nitrogens with zero attached hydrogens (tertiary/aromatic N) is 1. The lowest BCUT2D eigenvalue weighted by Crippen LogP contribution is -2.20. The van der Waals surface area contributed by atoms with Gasteiger partial charge in [-0.25, -0.2) is 0 Å². The first kappa shape index (κ1) is 23.3. The van der Waals surface area contributed by atoms with Gasteiger partial charge in [0.1, 0.15) is 10.9 Å². The molecule has 5 N–H and O–H groups in total. The highest BCUT2D eigenvalue weighted by Crippen LogP contribution is 2.36. The molecule has 0 radical (unpaired) electrons. The Kier molecular flexibility index (Phi) is 9.55. The molecule has 1 aliphatic carbocycles. The first-order valence-electron chi connectivity index (χ1n) is 10.0. The van der Waals surface area contributed by atoms with E-state index in [9.17, 15) is 20.1 Å². The Labute approximate surface area is 176 Å². The maximum absolute atomic E-state index is 10.7. The first-order chi connectivity index (χ1) is 13.9. The molecule has 158 valence electrons. The van der Waals surface area contributed by atoms with E-state index in [4.69, 9.17) is 11.0 Å². The minimum atomic E-state index is -0.641. The molecule has 1 aromatic heterocycles. The highest BCUT2D eigenvalue weighted by Gasteiger charge is 2.39. The highest BCUT2D eigenvalue weighted by atomic mass is 32.1. The maximum Gasteiger partial charge on any atom is 0.217 e. The number of aliphatic hydroxyl groups excluding tert-OH is 3. The third-order valence-electron chi connectivity index (χ3n) is 5.30. The molecule has 0 unspecified atom stereocenters. The van der Waals surface area contributed by atoms with Crippen molar-refractivity contribution < 1.29 is 20.1 Å². The van der Waals surface area contributed by atoms with Crippen LogP contribution in [0, 0.1) is 23.2 Å². The summed E-state index contributed by atoms with van der Waals surface area (Å²) in [4.78, 5) is 12.5. The molecule has 1 saturated carbocycles. The summed E-state index contributed by atoms with van der Waals surface area (Å²) in [6.45, 7) is 0. The topological polar surface area (TPSA) is 128 Å². The lowest BCUT2D eigenvalue weighted by atomic mass is 9.89. The van der Waals surface area contributed by atoms with Crippen LogP contribution in [0.2, 0.25) is 0 Å². The van der Waals surface area contributed by atoms with Gasteiger partial charge in [-0.3, -0.25) is 4.79 Å². The number of carbonyl (C=O) groups excluding carboxylic acids is 1. The van der Waals surface area contributed by atoms with Gasteiger partial charge in [0.15, 0.2) is 0 Å². The molecule has 1 aliphatic rings. The van der Waals surface area contributed by atoms with Gasteiger partial charge in [0, 0.05) is 23.6 Å². The Balaban J connectivity index is 1.82. The third-order valence-corrected chi connectivity index (χ3v) is 6.35. The second kappa shape index (κ2) is 11.9. The van der Waals surface area contributed by atoms with E-state index >= 15 is 0 Å². The van der Waals surface area contributed by atoms with Crippen molar-refractivity contribution in [3.05, 3.63) is 46.2 Å². The largest absolute Gasteiger partial charge is 0.393 e. The molecule has 7 heteroatoms. The number of amides is 1.